The Balaban J connectivity index is 2.12. The molecule has 0 amide bonds. The van der Waals surface area contributed by atoms with Crippen molar-refractivity contribution in [1.29, 1.82) is 0 Å². The number of methoxy groups -OCH3 is 2. The van der Waals surface area contributed by atoms with Gasteiger partial charge in [-0.25, -0.2) is 9.97 Å². The van der Waals surface area contributed by atoms with E-state index in [9.17, 15) is 4.79 Å². The highest BCUT2D eigenvalue weighted by atomic mass is 32.2. The zero-order chi connectivity index (χ0) is 21.5. The molecule has 1 aromatic carbocycles. The van der Waals surface area contributed by atoms with Gasteiger partial charge in [-0.1, -0.05) is 18.7 Å². The molecule has 0 atom stereocenters. The van der Waals surface area contributed by atoms with Crippen LogP contribution in [0.5, 0.6) is 11.5 Å². The number of rotatable bonds is 10. The van der Waals surface area contributed by atoms with Gasteiger partial charge >= 0.3 is 0 Å². The lowest BCUT2D eigenvalue weighted by atomic mass is 10.0. The third-order valence-corrected chi connectivity index (χ3v) is 5.45. The minimum atomic E-state index is -0.0768. The van der Waals surface area contributed by atoms with Crippen LogP contribution in [-0.2, 0) is 6.54 Å². The number of unbranched alkanes of at least 4 members (excludes halogenated alkanes) is 1. The number of thioether (sulfide) groups is 1. The van der Waals surface area contributed by atoms with Crippen molar-refractivity contribution in [2.45, 2.75) is 31.5 Å². The summed E-state index contributed by atoms with van der Waals surface area (Å²) < 4.78 is 12.5. The van der Waals surface area contributed by atoms with E-state index in [1.54, 1.807) is 31.0 Å². The highest BCUT2D eigenvalue weighted by molar-refractivity contribution is 7.98. The first kappa shape index (κ1) is 22.1. The highest BCUT2D eigenvalue weighted by Gasteiger charge is 2.15. The molecule has 3 aromatic rings. The average molecular weight is 429 g/mol. The van der Waals surface area contributed by atoms with Crippen molar-refractivity contribution in [3.63, 3.8) is 0 Å². The number of hydrogen-bond donors (Lipinski definition) is 1. The van der Waals surface area contributed by atoms with Gasteiger partial charge in [0.1, 0.15) is 17.1 Å². The molecule has 0 bridgehead atoms. The van der Waals surface area contributed by atoms with Gasteiger partial charge in [-0.05, 0) is 55.9 Å². The fraction of sp³-hybridized carbons (Fsp3) is 0.409. The molecule has 7 nitrogen and oxygen atoms in total. The van der Waals surface area contributed by atoms with Gasteiger partial charge in [0.05, 0.1) is 14.2 Å². The van der Waals surface area contributed by atoms with Gasteiger partial charge in [0, 0.05) is 29.8 Å². The second-order valence-corrected chi connectivity index (χ2v) is 7.59. The van der Waals surface area contributed by atoms with Crippen LogP contribution in [0, 0.1) is 0 Å². The Morgan fingerprint density at radius 1 is 1.10 bits per heavy atom. The zero-order valence-electron chi connectivity index (χ0n) is 17.9. The Morgan fingerprint density at radius 3 is 2.47 bits per heavy atom. The summed E-state index contributed by atoms with van der Waals surface area (Å²) in [5.74, 6) is 1.27. The van der Waals surface area contributed by atoms with Gasteiger partial charge in [-0.2, -0.15) is 0 Å². The Kier molecular flexibility index (Phi) is 7.70. The first-order valence-electron chi connectivity index (χ1n) is 10.00. The fourth-order valence-electron chi connectivity index (χ4n) is 3.32. The first-order valence-corrected chi connectivity index (χ1v) is 11.2. The molecule has 0 spiro atoms. The van der Waals surface area contributed by atoms with Crippen LogP contribution in [0.4, 0.5) is 0 Å². The Hall–Kier alpha value is -2.58. The van der Waals surface area contributed by atoms with Crippen molar-refractivity contribution in [3.8, 4) is 22.6 Å². The number of fused-ring (bicyclic) bond motifs is 1. The monoisotopic (exact) mass is 428 g/mol. The van der Waals surface area contributed by atoms with Crippen molar-refractivity contribution in [3.05, 3.63) is 40.8 Å². The van der Waals surface area contributed by atoms with Crippen molar-refractivity contribution in [2.75, 3.05) is 33.6 Å². The predicted molar refractivity (Wildman–Crippen MR) is 122 cm³/mol. The lowest BCUT2D eigenvalue weighted by molar-refractivity contribution is 0.394. The van der Waals surface area contributed by atoms with Crippen molar-refractivity contribution in [2.24, 2.45) is 0 Å². The molecule has 0 aliphatic heterocycles. The lowest BCUT2D eigenvalue weighted by Crippen LogP contribution is -2.24. The maximum absolute atomic E-state index is 13.5. The molecule has 0 saturated carbocycles. The van der Waals surface area contributed by atoms with Gasteiger partial charge in [0.25, 0.3) is 5.56 Å². The summed E-state index contributed by atoms with van der Waals surface area (Å²) in [4.78, 5) is 22.5. The number of hydrogen-bond acceptors (Lipinski definition) is 7. The fourth-order valence-corrected chi connectivity index (χ4v) is 3.65. The quantitative estimate of drug-likeness (QED) is 0.300. The molecule has 0 aliphatic rings. The summed E-state index contributed by atoms with van der Waals surface area (Å²) in [6.45, 7) is 4.56. The Bertz CT molecular complexity index is 1050. The standard InChI is InChI=1S/C22H28N4O3S/c1-5-23-8-6-7-9-26-20-16(14-24-22(25-20)30-4)12-19(21(26)27)15-10-17(28-2)13-18(11-15)29-3/h10-14,23H,5-9H2,1-4H3. The van der Waals surface area contributed by atoms with Gasteiger partial charge in [-0.15, -0.1) is 0 Å². The summed E-state index contributed by atoms with van der Waals surface area (Å²) in [5, 5.41) is 4.80. The minimum Gasteiger partial charge on any atom is -0.497 e. The van der Waals surface area contributed by atoms with Crippen LogP contribution < -0.4 is 20.3 Å². The normalized spacial score (nSPS) is 11.1. The van der Waals surface area contributed by atoms with Crippen LogP contribution in [0.1, 0.15) is 19.8 Å². The summed E-state index contributed by atoms with van der Waals surface area (Å²) >= 11 is 1.46. The number of nitrogens with zero attached hydrogens (tertiary/aromatic N) is 3. The van der Waals surface area contributed by atoms with Crippen LogP contribution in [0.25, 0.3) is 22.2 Å². The van der Waals surface area contributed by atoms with E-state index in [1.165, 1.54) is 11.8 Å². The lowest BCUT2D eigenvalue weighted by Gasteiger charge is -2.14. The third-order valence-electron chi connectivity index (χ3n) is 4.89. The van der Waals surface area contributed by atoms with Crippen LogP contribution in [-0.4, -0.2) is 48.1 Å². The molecule has 0 unspecified atom stereocenters. The number of aryl methyl sites for hydroxylation is 1. The number of benzene rings is 1. The van der Waals surface area contributed by atoms with Crippen LogP contribution in [0.2, 0.25) is 0 Å². The van der Waals surface area contributed by atoms with E-state index >= 15 is 0 Å². The highest BCUT2D eigenvalue weighted by Crippen LogP contribution is 2.29. The van der Waals surface area contributed by atoms with Crippen LogP contribution in [0.3, 0.4) is 0 Å². The first-order chi connectivity index (χ1) is 14.6. The van der Waals surface area contributed by atoms with E-state index < -0.39 is 0 Å². The summed E-state index contributed by atoms with van der Waals surface area (Å²) in [6, 6.07) is 7.33. The van der Waals surface area contributed by atoms with E-state index in [2.05, 4.69) is 22.2 Å². The van der Waals surface area contributed by atoms with Gasteiger partial charge in [0.15, 0.2) is 5.16 Å². The summed E-state index contributed by atoms with van der Waals surface area (Å²) in [6.07, 6.45) is 5.57. The van der Waals surface area contributed by atoms with E-state index in [0.29, 0.717) is 34.4 Å². The number of aromatic nitrogens is 3. The number of pyridine rings is 1. The van der Waals surface area contributed by atoms with E-state index in [-0.39, 0.29) is 5.56 Å². The summed E-state index contributed by atoms with van der Waals surface area (Å²) in [5.41, 5.74) is 1.91. The SMILES string of the molecule is CCNCCCCn1c(=O)c(-c2cc(OC)cc(OC)c2)cc2cnc(SC)nc21. The molecule has 30 heavy (non-hydrogen) atoms. The maximum atomic E-state index is 13.5. The molecule has 2 heterocycles. The Labute approximate surface area is 180 Å². The van der Waals surface area contributed by atoms with Crippen molar-refractivity contribution in [1.82, 2.24) is 19.9 Å². The average Bonchev–Trinajstić information content (AvgIpc) is 2.79. The van der Waals surface area contributed by atoms with Crippen molar-refractivity contribution < 1.29 is 9.47 Å². The maximum Gasteiger partial charge on any atom is 0.260 e. The van der Waals surface area contributed by atoms with Crippen LogP contribution in [0.15, 0.2) is 40.4 Å². The van der Waals surface area contributed by atoms with Crippen molar-refractivity contribution >= 4 is 22.8 Å². The van der Waals surface area contributed by atoms with Crippen LogP contribution >= 0.6 is 11.8 Å². The molecule has 0 fully saturated rings. The predicted octanol–water partition coefficient (Wildman–Crippen LogP) is 3.59. The second kappa shape index (κ2) is 10.4. The van der Waals surface area contributed by atoms with E-state index in [1.807, 2.05) is 24.5 Å². The molecule has 8 heteroatoms. The molecular formula is C22H28N4O3S. The molecule has 160 valence electrons. The smallest absolute Gasteiger partial charge is 0.260 e. The third kappa shape index (κ3) is 4.94. The molecule has 0 aliphatic carbocycles. The number of ether oxygens (including phenoxy) is 2. The minimum absolute atomic E-state index is 0.0768. The molecular weight excluding hydrogens is 400 g/mol. The summed E-state index contributed by atoms with van der Waals surface area (Å²) in [7, 11) is 3.19. The second-order valence-electron chi connectivity index (χ2n) is 6.81. The molecule has 3 rings (SSSR count). The molecule has 0 radical (unpaired) electrons. The Morgan fingerprint density at radius 2 is 1.83 bits per heavy atom. The van der Waals surface area contributed by atoms with Gasteiger partial charge < -0.3 is 14.8 Å². The zero-order valence-corrected chi connectivity index (χ0v) is 18.7. The topological polar surface area (TPSA) is 78.3 Å². The molecule has 1 N–H and O–H groups in total. The largest absolute Gasteiger partial charge is 0.497 e. The molecule has 2 aromatic heterocycles. The van der Waals surface area contributed by atoms with Gasteiger partial charge in [-0.3, -0.25) is 9.36 Å². The molecule has 0 saturated heterocycles. The van der Waals surface area contributed by atoms with E-state index in [4.69, 9.17) is 9.47 Å². The van der Waals surface area contributed by atoms with Gasteiger partial charge in [0.2, 0.25) is 0 Å². The number of nitrogens with one attached hydrogen (secondary N) is 1. The van der Waals surface area contributed by atoms with E-state index in [0.717, 1.165) is 36.9 Å².